The third-order valence-electron chi connectivity index (χ3n) is 8.73. The zero-order chi connectivity index (χ0) is 27.0. The molecule has 39 heavy (non-hydrogen) atoms. The van der Waals surface area contributed by atoms with Gasteiger partial charge in [0.15, 0.2) is 0 Å². The van der Waals surface area contributed by atoms with Crippen molar-refractivity contribution in [1.82, 2.24) is 20.5 Å². The molecule has 2 atom stereocenters. The van der Waals surface area contributed by atoms with Crippen LogP contribution in [0, 0.1) is 11.8 Å². The highest BCUT2D eigenvalue weighted by molar-refractivity contribution is 6.06. The number of carbonyl (C=O) groups excluding carboxylic acids is 4. The predicted molar refractivity (Wildman–Crippen MR) is 145 cm³/mol. The Morgan fingerprint density at radius 1 is 1.08 bits per heavy atom. The van der Waals surface area contributed by atoms with Gasteiger partial charge in [-0.3, -0.25) is 19.2 Å². The van der Waals surface area contributed by atoms with E-state index in [0.717, 1.165) is 36.2 Å². The molecule has 1 aliphatic carbocycles. The van der Waals surface area contributed by atoms with Crippen LogP contribution in [-0.4, -0.2) is 66.2 Å². The largest absolute Gasteiger partial charge is 0.347 e. The highest BCUT2D eigenvalue weighted by Crippen LogP contribution is 2.46. The number of pyridine rings is 1. The van der Waals surface area contributed by atoms with Crippen LogP contribution in [0.4, 0.5) is 11.5 Å². The molecule has 1 spiro atoms. The number of hydrogen-bond acceptors (Lipinski definition) is 6. The van der Waals surface area contributed by atoms with Gasteiger partial charge in [0.25, 0.3) is 0 Å². The van der Waals surface area contributed by atoms with Crippen LogP contribution in [0.2, 0.25) is 0 Å². The van der Waals surface area contributed by atoms with Crippen LogP contribution < -0.4 is 21.3 Å². The molecule has 0 saturated carbocycles. The lowest BCUT2D eigenvalue weighted by Gasteiger charge is -2.32. The predicted octanol–water partition coefficient (Wildman–Crippen LogP) is 1.36. The standard InChI is InChI=1S/C29H34N6O4/c36-24(17-32-27(38)19-6-10-35(11-7-19)25(37)12-18-5-9-30-16-18)33-22-4-3-20-14-29(15-21(20)13-22)23-2-1-8-31-26(23)34-28(29)39/h1-4,8,13,18-19,30H,5-7,9-12,14-17H2,(H,32,38)(H,33,36)(H,31,34,39)/t18-,29-/m1/s1. The van der Waals surface area contributed by atoms with Gasteiger partial charge < -0.3 is 26.2 Å². The molecule has 0 radical (unpaired) electrons. The summed E-state index contributed by atoms with van der Waals surface area (Å²) in [6, 6.07) is 9.51. The number of amides is 4. The van der Waals surface area contributed by atoms with Crippen molar-refractivity contribution >= 4 is 35.1 Å². The Morgan fingerprint density at radius 2 is 1.90 bits per heavy atom. The molecular formula is C29H34N6O4. The van der Waals surface area contributed by atoms with E-state index in [4.69, 9.17) is 0 Å². The summed E-state index contributed by atoms with van der Waals surface area (Å²) < 4.78 is 0. The number of carbonyl (C=O) groups is 4. The van der Waals surface area contributed by atoms with Crippen LogP contribution in [0.3, 0.4) is 0 Å². The third-order valence-corrected chi connectivity index (χ3v) is 8.73. The van der Waals surface area contributed by atoms with Gasteiger partial charge in [0, 0.05) is 42.9 Å². The summed E-state index contributed by atoms with van der Waals surface area (Å²) in [5, 5.41) is 11.8. The average molecular weight is 531 g/mol. The van der Waals surface area contributed by atoms with Crippen LogP contribution in [0.15, 0.2) is 36.5 Å². The lowest BCUT2D eigenvalue weighted by molar-refractivity contribution is -0.136. The molecule has 1 aromatic carbocycles. The van der Waals surface area contributed by atoms with Gasteiger partial charge in [0.1, 0.15) is 5.82 Å². The molecule has 0 unspecified atom stereocenters. The molecule has 2 aromatic rings. The van der Waals surface area contributed by atoms with Crippen molar-refractivity contribution in [3.8, 4) is 0 Å². The fourth-order valence-corrected chi connectivity index (χ4v) is 6.52. The summed E-state index contributed by atoms with van der Waals surface area (Å²) in [6.07, 6.45) is 5.66. The van der Waals surface area contributed by atoms with Crippen LogP contribution in [0.1, 0.15) is 42.4 Å². The third kappa shape index (κ3) is 5.01. The molecule has 204 valence electrons. The number of nitrogens with zero attached hydrogens (tertiary/aromatic N) is 2. The quantitative estimate of drug-likeness (QED) is 0.446. The van der Waals surface area contributed by atoms with Crippen molar-refractivity contribution in [3.05, 3.63) is 53.2 Å². The molecule has 2 fully saturated rings. The van der Waals surface area contributed by atoms with E-state index in [2.05, 4.69) is 26.3 Å². The Morgan fingerprint density at radius 3 is 2.69 bits per heavy atom. The fraction of sp³-hybridized carbons (Fsp3) is 0.483. The highest BCUT2D eigenvalue weighted by Gasteiger charge is 2.51. The molecule has 10 heteroatoms. The summed E-state index contributed by atoms with van der Waals surface area (Å²) in [5.74, 6) is 0.535. The van der Waals surface area contributed by atoms with E-state index >= 15 is 0 Å². The lowest BCUT2D eigenvalue weighted by Crippen LogP contribution is -2.44. The summed E-state index contributed by atoms with van der Waals surface area (Å²) >= 11 is 0. The van der Waals surface area contributed by atoms with Crippen molar-refractivity contribution in [1.29, 1.82) is 0 Å². The average Bonchev–Trinajstić information content (AvgIpc) is 3.66. The van der Waals surface area contributed by atoms with Gasteiger partial charge in [-0.05, 0) is 80.4 Å². The Labute approximate surface area is 227 Å². The Balaban J connectivity index is 0.979. The summed E-state index contributed by atoms with van der Waals surface area (Å²) in [4.78, 5) is 56.9. The number of anilines is 2. The minimum absolute atomic E-state index is 0.0398. The molecular weight excluding hydrogens is 496 g/mol. The number of aromatic nitrogens is 1. The first-order valence-electron chi connectivity index (χ1n) is 13.9. The summed E-state index contributed by atoms with van der Waals surface area (Å²) in [6.45, 7) is 2.93. The number of rotatable bonds is 6. The molecule has 3 aliphatic heterocycles. The van der Waals surface area contributed by atoms with E-state index in [1.54, 1.807) is 6.20 Å². The second-order valence-corrected chi connectivity index (χ2v) is 11.3. The monoisotopic (exact) mass is 530 g/mol. The van der Waals surface area contributed by atoms with E-state index < -0.39 is 5.41 Å². The van der Waals surface area contributed by atoms with Gasteiger partial charge in [-0.2, -0.15) is 0 Å². The van der Waals surface area contributed by atoms with E-state index in [9.17, 15) is 19.2 Å². The maximum Gasteiger partial charge on any atom is 0.243 e. The van der Waals surface area contributed by atoms with Crippen molar-refractivity contribution in [2.24, 2.45) is 11.8 Å². The first-order chi connectivity index (χ1) is 18.9. The van der Waals surface area contributed by atoms with E-state index in [-0.39, 0.29) is 36.1 Å². The maximum atomic E-state index is 12.9. The maximum absolute atomic E-state index is 12.9. The Kier molecular flexibility index (Phi) is 6.80. The van der Waals surface area contributed by atoms with Gasteiger partial charge in [-0.1, -0.05) is 12.1 Å². The van der Waals surface area contributed by atoms with E-state index in [0.29, 0.717) is 62.6 Å². The van der Waals surface area contributed by atoms with Crippen molar-refractivity contribution in [2.75, 3.05) is 43.4 Å². The zero-order valence-electron chi connectivity index (χ0n) is 21.9. The summed E-state index contributed by atoms with van der Waals surface area (Å²) in [7, 11) is 0. The minimum atomic E-state index is -0.656. The Hall–Kier alpha value is -3.79. The molecule has 0 bridgehead atoms. The number of nitrogens with one attached hydrogen (secondary N) is 4. The fourth-order valence-electron chi connectivity index (χ4n) is 6.52. The zero-order valence-corrected chi connectivity index (χ0v) is 21.9. The number of likely N-dealkylation sites (tertiary alicyclic amines) is 1. The molecule has 4 N–H and O–H groups in total. The number of fused-ring (bicyclic) bond motifs is 3. The van der Waals surface area contributed by atoms with Gasteiger partial charge in [-0.15, -0.1) is 0 Å². The van der Waals surface area contributed by atoms with Crippen LogP contribution >= 0.6 is 0 Å². The van der Waals surface area contributed by atoms with Crippen molar-refractivity contribution in [3.63, 3.8) is 0 Å². The highest BCUT2D eigenvalue weighted by atomic mass is 16.2. The second kappa shape index (κ2) is 10.4. The van der Waals surface area contributed by atoms with Gasteiger partial charge in [0.2, 0.25) is 23.6 Å². The molecule has 1 aromatic heterocycles. The van der Waals surface area contributed by atoms with E-state index in [1.165, 1.54) is 0 Å². The lowest BCUT2D eigenvalue weighted by atomic mass is 9.79. The first kappa shape index (κ1) is 25.5. The molecule has 6 rings (SSSR count). The molecule has 10 nitrogen and oxygen atoms in total. The molecule has 4 amide bonds. The summed E-state index contributed by atoms with van der Waals surface area (Å²) in [5.41, 5.74) is 3.00. The molecule has 4 heterocycles. The van der Waals surface area contributed by atoms with Gasteiger partial charge in [0.05, 0.1) is 12.0 Å². The van der Waals surface area contributed by atoms with Crippen LogP contribution in [0.25, 0.3) is 0 Å². The topological polar surface area (TPSA) is 133 Å². The minimum Gasteiger partial charge on any atom is -0.347 e. The number of hydrogen-bond donors (Lipinski definition) is 4. The Bertz CT molecular complexity index is 1310. The van der Waals surface area contributed by atoms with Crippen molar-refractivity contribution < 1.29 is 19.2 Å². The number of benzene rings is 1. The second-order valence-electron chi connectivity index (χ2n) is 11.3. The molecule has 2 saturated heterocycles. The smallest absolute Gasteiger partial charge is 0.243 e. The first-order valence-corrected chi connectivity index (χ1v) is 13.9. The molecule has 4 aliphatic rings. The van der Waals surface area contributed by atoms with E-state index in [1.807, 2.05) is 35.2 Å². The van der Waals surface area contributed by atoms with Crippen LogP contribution in [-0.2, 0) is 37.4 Å². The normalized spacial score (nSPS) is 23.8. The van der Waals surface area contributed by atoms with Crippen LogP contribution in [0.5, 0.6) is 0 Å². The SMILES string of the molecule is O=C(CNC(=O)C1CCN(C(=O)C[C@H]2CCNC2)CC1)Nc1ccc2c(c1)C[C@@]1(C2)C(=O)Nc2ncccc21. The number of piperidine rings is 1. The van der Waals surface area contributed by atoms with Crippen molar-refractivity contribution in [2.45, 2.75) is 43.9 Å². The van der Waals surface area contributed by atoms with Gasteiger partial charge >= 0.3 is 0 Å². The van der Waals surface area contributed by atoms with Gasteiger partial charge in [-0.25, -0.2) is 4.98 Å².